The summed E-state index contributed by atoms with van der Waals surface area (Å²) in [4.78, 5) is 19.5. The van der Waals surface area contributed by atoms with Gasteiger partial charge in [-0.3, -0.25) is 14.3 Å². The lowest BCUT2D eigenvalue weighted by Crippen LogP contribution is -2.46. The van der Waals surface area contributed by atoms with Gasteiger partial charge in [0.15, 0.2) is 0 Å². The predicted octanol–water partition coefficient (Wildman–Crippen LogP) is 2.81. The highest BCUT2D eigenvalue weighted by atomic mass is 35.5. The first kappa shape index (κ1) is 23.2. The fourth-order valence-corrected chi connectivity index (χ4v) is 3.61. The van der Waals surface area contributed by atoms with Crippen molar-refractivity contribution in [3.63, 3.8) is 0 Å². The Bertz CT molecular complexity index is 939. The summed E-state index contributed by atoms with van der Waals surface area (Å²) in [5, 5.41) is 6.37. The van der Waals surface area contributed by atoms with E-state index in [2.05, 4.69) is 37.2 Å². The Kier molecular flexibility index (Phi) is 8.46. The van der Waals surface area contributed by atoms with E-state index in [-0.39, 0.29) is 30.7 Å². The van der Waals surface area contributed by atoms with Gasteiger partial charge in [-0.05, 0) is 37.3 Å². The molecule has 2 N–H and O–H groups in total. The molecule has 0 saturated carbocycles. The van der Waals surface area contributed by atoms with Gasteiger partial charge in [-0.15, -0.1) is 24.8 Å². The SMILES string of the molecule is Cc1nc2cc(C(=O)NCCN3CCNCC3)ccc2n1-c1ccccc1.Cl.Cl. The van der Waals surface area contributed by atoms with Crippen molar-refractivity contribution in [1.29, 1.82) is 0 Å². The van der Waals surface area contributed by atoms with Gasteiger partial charge in [0.2, 0.25) is 0 Å². The van der Waals surface area contributed by atoms with Gasteiger partial charge >= 0.3 is 0 Å². The van der Waals surface area contributed by atoms with E-state index in [9.17, 15) is 4.79 Å². The van der Waals surface area contributed by atoms with Gasteiger partial charge in [-0.25, -0.2) is 4.98 Å². The Morgan fingerprint density at radius 1 is 1.10 bits per heavy atom. The van der Waals surface area contributed by atoms with E-state index in [1.807, 2.05) is 43.3 Å². The molecule has 0 spiro atoms. The number of piperazine rings is 1. The zero-order chi connectivity index (χ0) is 18.6. The Hall–Kier alpha value is -2.12. The molecule has 2 aromatic carbocycles. The number of aryl methyl sites for hydroxylation is 1. The van der Waals surface area contributed by atoms with Crippen LogP contribution in [0.3, 0.4) is 0 Å². The van der Waals surface area contributed by atoms with Gasteiger partial charge in [0, 0.05) is 50.5 Å². The van der Waals surface area contributed by atoms with Crippen LogP contribution in [0.25, 0.3) is 16.7 Å². The van der Waals surface area contributed by atoms with Crippen molar-refractivity contribution in [3.8, 4) is 5.69 Å². The van der Waals surface area contributed by atoms with Gasteiger partial charge in [-0.2, -0.15) is 0 Å². The number of fused-ring (bicyclic) bond motifs is 1. The third-order valence-electron chi connectivity index (χ3n) is 5.02. The molecular formula is C21H27Cl2N5O. The van der Waals surface area contributed by atoms with Crippen LogP contribution in [-0.4, -0.2) is 59.6 Å². The number of amides is 1. The molecule has 3 aromatic rings. The molecule has 0 bridgehead atoms. The summed E-state index contributed by atoms with van der Waals surface area (Å²) in [6, 6.07) is 15.9. The molecule has 0 atom stereocenters. The van der Waals surface area contributed by atoms with Crippen LogP contribution >= 0.6 is 24.8 Å². The number of carbonyl (C=O) groups is 1. The standard InChI is InChI=1S/C21H25N5O.2ClH/c1-16-24-19-15-17(21(27)23-11-14-25-12-9-22-10-13-25)7-8-20(19)26(16)18-5-3-2-4-6-18;;/h2-8,15,22H,9-14H2,1H3,(H,23,27);2*1H. The minimum atomic E-state index is -0.0426. The fourth-order valence-electron chi connectivity index (χ4n) is 3.61. The number of hydrogen-bond donors (Lipinski definition) is 2. The largest absolute Gasteiger partial charge is 0.351 e. The van der Waals surface area contributed by atoms with E-state index < -0.39 is 0 Å². The van der Waals surface area contributed by atoms with Gasteiger partial charge in [0.25, 0.3) is 5.91 Å². The molecule has 0 aliphatic carbocycles. The summed E-state index contributed by atoms with van der Waals surface area (Å²) >= 11 is 0. The van der Waals surface area contributed by atoms with Crippen LogP contribution < -0.4 is 10.6 Å². The lowest BCUT2D eigenvalue weighted by molar-refractivity contribution is 0.0947. The molecule has 1 aromatic heterocycles. The van der Waals surface area contributed by atoms with Crippen molar-refractivity contribution in [3.05, 3.63) is 59.9 Å². The zero-order valence-corrected chi connectivity index (χ0v) is 18.1. The molecule has 156 valence electrons. The zero-order valence-electron chi connectivity index (χ0n) is 16.4. The van der Waals surface area contributed by atoms with Gasteiger partial charge in [0.05, 0.1) is 11.0 Å². The Balaban J connectivity index is 0.00000150. The van der Waals surface area contributed by atoms with Crippen molar-refractivity contribution in [2.75, 3.05) is 39.3 Å². The number of para-hydroxylation sites is 1. The maximum atomic E-state index is 12.5. The first-order valence-electron chi connectivity index (χ1n) is 9.48. The van der Waals surface area contributed by atoms with Crippen LogP contribution in [0.15, 0.2) is 48.5 Å². The molecule has 0 unspecified atom stereocenters. The van der Waals surface area contributed by atoms with Crippen LogP contribution in [0.5, 0.6) is 0 Å². The van der Waals surface area contributed by atoms with Gasteiger partial charge < -0.3 is 10.6 Å². The van der Waals surface area contributed by atoms with Crippen LogP contribution in [0.4, 0.5) is 0 Å². The molecule has 1 fully saturated rings. The summed E-state index contributed by atoms with van der Waals surface area (Å²) < 4.78 is 2.11. The number of carbonyl (C=O) groups excluding carboxylic acids is 1. The monoisotopic (exact) mass is 435 g/mol. The summed E-state index contributed by atoms with van der Waals surface area (Å²) in [6.07, 6.45) is 0. The van der Waals surface area contributed by atoms with Crippen LogP contribution in [-0.2, 0) is 0 Å². The number of aromatic nitrogens is 2. The normalized spacial score (nSPS) is 14.1. The minimum Gasteiger partial charge on any atom is -0.351 e. The van der Waals surface area contributed by atoms with E-state index in [0.29, 0.717) is 12.1 Å². The number of nitrogens with one attached hydrogen (secondary N) is 2. The first-order valence-corrected chi connectivity index (χ1v) is 9.48. The maximum Gasteiger partial charge on any atom is 0.251 e. The molecule has 4 rings (SSSR count). The number of imidazole rings is 1. The summed E-state index contributed by atoms with van der Waals surface area (Å²) in [5.74, 6) is 0.867. The number of nitrogens with zero attached hydrogens (tertiary/aromatic N) is 3. The van der Waals surface area contributed by atoms with E-state index >= 15 is 0 Å². The molecule has 1 amide bonds. The summed E-state index contributed by atoms with van der Waals surface area (Å²) in [6.45, 7) is 7.66. The smallest absolute Gasteiger partial charge is 0.251 e. The fraction of sp³-hybridized carbons (Fsp3) is 0.333. The molecule has 6 nitrogen and oxygen atoms in total. The van der Waals surface area contributed by atoms with Crippen molar-refractivity contribution >= 4 is 41.8 Å². The Morgan fingerprint density at radius 2 is 1.83 bits per heavy atom. The number of rotatable bonds is 5. The summed E-state index contributed by atoms with van der Waals surface area (Å²) in [7, 11) is 0. The minimum absolute atomic E-state index is 0. The topological polar surface area (TPSA) is 62.2 Å². The lowest BCUT2D eigenvalue weighted by Gasteiger charge is -2.27. The highest BCUT2D eigenvalue weighted by Gasteiger charge is 2.13. The van der Waals surface area contributed by atoms with Gasteiger partial charge in [0.1, 0.15) is 5.82 Å². The van der Waals surface area contributed by atoms with Crippen molar-refractivity contribution in [2.24, 2.45) is 0 Å². The van der Waals surface area contributed by atoms with Crippen LogP contribution in [0.1, 0.15) is 16.2 Å². The summed E-state index contributed by atoms with van der Waals surface area (Å²) in [5.41, 5.74) is 3.58. The molecule has 1 aliphatic heterocycles. The highest BCUT2D eigenvalue weighted by Crippen LogP contribution is 2.22. The molecule has 1 saturated heterocycles. The molecule has 1 aliphatic rings. The average Bonchev–Trinajstić information content (AvgIpc) is 3.04. The molecule has 29 heavy (non-hydrogen) atoms. The molecule has 2 heterocycles. The first-order chi connectivity index (χ1) is 13.2. The highest BCUT2D eigenvalue weighted by molar-refractivity contribution is 5.97. The third kappa shape index (κ3) is 5.28. The lowest BCUT2D eigenvalue weighted by atomic mass is 10.2. The second-order valence-electron chi connectivity index (χ2n) is 6.88. The second kappa shape index (κ2) is 10.6. The van der Waals surface area contributed by atoms with E-state index in [1.165, 1.54) is 0 Å². The maximum absolute atomic E-state index is 12.5. The van der Waals surface area contributed by atoms with Crippen molar-refractivity contribution in [1.82, 2.24) is 25.1 Å². The van der Waals surface area contributed by atoms with E-state index in [1.54, 1.807) is 0 Å². The number of halogens is 2. The molecular weight excluding hydrogens is 409 g/mol. The average molecular weight is 436 g/mol. The Morgan fingerprint density at radius 3 is 2.55 bits per heavy atom. The molecule has 8 heteroatoms. The van der Waals surface area contributed by atoms with Gasteiger partial charge in [-0.1, -0.05) is 18.2 Å². The third-order valence-corrected chi connectivity index (χ3v) is 5.02. The Labute approximate surface area is 183 Å². The quantitative estimate of drug-likeness (QED) is 0.646. The van der Waals surface area contributed by atoms with E-state index in [4.69, 9.17) is 0 Å². The number of hydrogen-bond acceptors (Lipinski definition) is 4. The van der Waals surface area contributed by atoms with E-state index in [0.717, 1.165) is 55.3 Å². The van der Waals surface area contributed by atoms with Crippen LogP contribution in [0.2, 0.25) is 0 Å². The number of benzene rings is 2. The van der Waals surface area contributed by atoms with Crippen LogP contribution in [0, 0.1) is 6.92 Å². The molecule has 0 radical (unpaired) electrons. The van der Waals surface area contributed by atoms with Crippen molar-refractivity contribution < 1.29 is 4.79 Å². The predicted molar refractivity (Wildman–Crippen MR) is 122 cm³/mol. The van der Waals surface area contributed by atoms with Crippen molar-refractivity contribution in [2.45, 2.75) is 6.92 Å². The second-order valence-corrected chi connectivity index (χ2v) is 6.88.